The van der Waals surface area contributed by atoms with E-state index in [-0.39, 0.29) is 0 Å². The van der Waals surface area contributed by atoms with Crippen molar-refractivity contribution in [2.75, 3.05) is 13.2 Å². The summed E-state index contributed by atoms with van der Waals surface area (Å²) in [6, 6.07) is 0.532. The van der Waals surface area contributed by atoms with E-state index in [9.17, 15) is 0 Å². The van der Waals surface area contributed by atoms with Crippen LogP contribution >= 0.6 is 0 Å². The van der Waals surface area contributed by atoms with Crippen LogP contribution in [0.15, 0.2) is 0 Å². The molecule has 0 aliphatic carbocycles. The predicted molar refractivity (Wildman–Crippen MR) is 76.5 cm³/mol. The molecule has 17 heavy (non-hydrogen) atoms. The topological polar surface area (TPSA) is 21.3 Å². The number of hydrogen-bond acceptors (Lipinski definition) is 2. The Labute approximate surface area is 109 Å². The third-order valence-corrected chi connectivity index (χ3v) is 3.61. The summed E-state index contributed by atoms with van der Waals surface area (Å²) in [6.07, 6.45) is 6.59. The summed E-state index contributed by atoms with van der Waals surface area (Å²) < 4.78 is 5.92. The second-order valence-corrected chi connectivity index (χ2v) is 4.86. The van der Waals surface area contributed by atoms with Crippen LogP contribution in [0.1, 0.15) is 66.7 Å². The largest absolute Gasteiger partial charge is 0.377 e. The second kappa shape index (κ2) is 11.0. The molecule has 104 valence electrons. The maximum absolute atomic E-state index is 5.92. The fourth-order valence-electron chi connectivity index (χ4n) is 2.51. The zero-order valence-electron chi connectivity index (χ0n) is 12.6. The highest BCUT2D eigenvalue weighted by molar-refractivity contribution is 4.79. The lowest BCUT2D eigenvalue weighted by Crippen LogP contribution is -2.42. The Balaban J connectivity index is 4.41. The lowest BCUT2D eigenvalue weighted by molar-refractivity contribution is 0.0216. The molecule has 0 amide bonds. The third kappa shape index (κ3) is 7.05. The van der Waals surface area contributed by atoms with E-state index < -0.39 is 0 Å². The van der Waals surface area contributed by atoms with Gasteiger partial charge in [0.15, 0.2) is 0 Å². The minimum atomic E-state index is 0.394. The Morgan fingerprint density at radius 3 is 2.06 bits per heavy atom. The van der Waals surface area contributed by atoms with Crippen molar-refractivity contribution >= 4 is 0 Å². The highest BCUT2D eigenvalue weighted by Gasteiger charge is 2.22. The van der Waals surface area contributed by atoms with Crippen molar-refractivity contribution in [3.05, 3.63) is 0 Å². The standard InChI is InChI=1S/C15H33NO/c1-6-11-15(17-10-5)14(16-9-4)12-13(7-2)8-3/h13-16H,6-12H2,1-5H3. The van der Waals surface area contributed by atoms with Crippen molar-refractivity contribution < 1.29 is 4.74 Å². The summed E-state index contributed by atoms with van der Waals surface area (Å²) in [6.45, 7) is 13.0. The average Bonchev–Trinajstić information content (AvgIpc) is 2.34. The molecule has 0 aromatic rings. The molecule has 0 bridgehead atoms. The van der Waals surface area contributed by atoms with E-state index in [0.29, 0.717) is 12.1 Å². The first-order valence-corrected chi connectivity index (χ1v) is 7.58. The maximum Gasteiger partial charge on any atom is 0.0727 e. The summed E-state index contributed by atoms with van der Waals surface area (Å²) in [5.41, 5.74) is 0. The van der Waals surface area contributed by atoms with Crippen molar-refractivity contribution in [3.8, 4) is 0 Å². The molecule has 0 radical (unpaired) electrons. The fraction of sp³-hybridized carbons (Fsp3) is 1.00. The summed E-state index contributed by atoms with van der Waals surface area (Å²) in [5.74, 6) is 0.832. The number of ether oxygens (including phenoxy) is 1. The van der Waals surface area contributed by atoms with Crippen LogP contribution in [0.5, 0.6) is 0 Å². The van der Waals surface area contributed by atoms with Gasteiger partial charge in [-0.15, -0.1) is 0 Å². The van der Waals surface area contributed by atoms with Crippen molar-refractivity contribution in [2.45, 2.75) is 78.9 Å². The zero-order valence-corrected chi connectivity index (χ0v) is 12.6. The maximum atomic E-state index is 5.92. The smallest absolute Gasteiger partial charge is 0.0727 e. The van der Waals surface area contributed by atoms with Crippen LogP contribution in [0.4, 0.5) is 0 Å². The molecule has 1 N–H and O–H groups in total. The summed E-state index contributed by atoms with van der Waals surface area (Å²) >= 11 is 0. The van der Waals surface area contributed by atoms with Crippen molar-refractivity contribution in [2.24, 2.45) is 5.92 Å². The minimum absolute atomic E-state index is 0.394. The van der Waals surface area contributed by atoms with Gasteiger partial charge in [-0.3, -0.25) is 0 Å². The Hall–Kier alpha value is -0.0800. The molecule has 2 nitrogen and oxygen atoms in total. The number of likely N-dealkylation sites (N-methyl/N-ethyl adjacent to an activating group) is 1. The minimum Gasteiger partial charge on any atom is -0.377 e. The summed E-state index contributed by atoms with van der Waals surface area (Å²) in [4.78, 5) is 0. The molecule has 0 spiro atoms. The van der Waals surface area contributed by atoms with Crippen molar-refractivity contribution in [1.82, 2.24) is 5.32 Å². The van der Waals surface area contributed by atoms with Crippen LogP contribution in [0.3, 0.4) is 0 Å². The molecule has 0 aromatic carbocycles. The fourth-order valence-corrected chi connectivity index (χ4v) is 2.51. The van der Waals surface area contributed by atoms with Crippen molar-refractivity contribution in [1.29, 1.82) is 0 Å². The zero-order chi connectivity index (χ0) is 13.1. The highest BCUT2D eigenvalue weighted by Crippen LogP contribution is 2.20. The normalized spacial score (nSPS) is 15.2. The first-order chi connectivity index (χ1) is 8.23. The van der Waals surface area contributed by atoms with E-state index in [1.807, 2.05) is 0 Å². The molecule has 0 aliphatic heterocycles. The Morgan fingerprint density at radius 1 is 1.00 bits per heavy atom. The molecule has 0 fully saturated rings. The van der Waals surface area contributed by atoms with Crippen LogP contribution in [0.2, 0.25) is 0 Å². The lowest BCUT2D eigenvalue weighted by Gasteiger charge is -2.30. The first kappa shape index (κ1) is 16.9. The number of rotatable bonds is 11. The Morgan fingerprint density at radius 2 is 1.65 bits per heavy atom. The van der Waals surface area contributed by atoms with E-state index in [4.69, 9.17) is 4.74 Å². The monoisotopic (exact) mass is 243 g/mol. The average molecular weight is 243 g/mol. The van der Waals surface area contributed by atoms with Gasteiger partial charge < -0.3 is 10.1 Å². The van der Waals surface area contributed by atoms with Gasteiger partial charge in [-0.25, -0.2) is 0 Å². The van der Waals surface area contributed by atoms with E-state index >= 15 is 0 Å². The molecular weight excluding hydrogens is 210 g/mol. The highest BCUT2D eigenvalue weighted by atomic mass is 16.5. The Kier molecular flexibility index (Phi) is 11.0. The van der Waals surface area contributed by atoms with Gasteiger partial charge in [-0.1, -0.05) is 47.0 Å². The quantitative estimate of drug-likeness (QED) is 0.592. The van der Waals surface area contributed by atoms with Gasteiger partial charge in [-0.05, 0) is 32.2 Å². The van der Waals surface area contributed by atoms with Crippen LogP contribution in [-0.4, -0.2) is 25.3 Å². The number of hydrogen-bond donors (Lipinski definition) is 1. The molecule has 0 saturated carbocycles. The molecule has 2 unspecified atom stereocenters. The third-order valence-electron chi connectivity index (χ3n) is 3.61. The molecule has 0 heterocycles. The molecule has 2 atom stereocenters. The molecule has 0 aromatic heterocycles. The SMILES string of the molecule is CCCC(OCC)C(CC(CC)CC)NCC. The molecule has 0 rings (SSSR count). The summed E-state index contributed by atoms with van der Waals surface area (Å²) in [7, 11) is 0. The van der Waals surface area contributed by atoms with Gasteiger partial charge in [0.25, 0.3) is 0 Å². The van der Waals surface area contributed by atoms with Gasteiger partial charge in [0.2, 0.25) is 0 Å². The predicted octanol–water partition coefficient (Wildman–Crippen LogP) is 4.00. The van der Waals surface area contributed by atoms with Gasteiger partial charge in [0, 0.05) is 12.6 Å². The van der Waals surface area contributed by atoms with Crippen LogP contribution in [-0.2, 0) is 4.74 Å². The van der Waals surface area contributed by atoms with E-state index in [1.165, 1.54) is 32.1 Å². The van der Waals surface area contributed by atoms with Crippen LogP contribution in [0, 0.1) is 5.92 Å². The van der Waals surface area contributed by atoms with Gasteiger partial charge in [0.05, 0.1) is 6.10 Å². The lowest BCUT2D eigenvalue weighted by atomic mass is 9.90. The molecule has 0 saturated heterocycles. The van der Waals surface area contributed by atoms with E-state index in [1.54, 1.807) is 0 Å². The molecule has 2 heteroatoms. The van der Waals surface area contributed by atoms with Crippen molar-refractivity contribution in [3.63, 3.8) is 0 Å². The van der Waals surface area contributed by atoms with Gasteiger partial charge >= 0.3 is 0 Å². The van der Waals surface area contributed by atoms with E-state index in [2.05, 4.69) is 39.9 Å². The first-order valence-electron chi connectivity index (χ1n) is 7.58. The van der Waals surface area contributed by atoms with E-state index in [0.717, 1.165) is 19.1 Å². The summed E-state index contributed by atoms with van der Waals surface area (Å²) in [5, 5.41) is 3.63. The second-order valence-electron chi connectivity index (χ2n) is 4.86. The Bertz CT molecular complexity index is 151. The van der Waals surface area contributed by atoms with Crippen LogP contribution < -0.4 is 5.32 Å². The number of nitrogens with one attached hydrogen (secondary N) is 1. The molecule has 0 aliphatic rings. The van der Waals surface area contributed by atoms with Gasteiger partial charge in [-0.2, -0.15) is 0 Å². The van der Waals surface area contributed by atoms with Crippen LogP contribution in [0.25, 0.3) is 0 Å². The molecular formula is C15H33NO. The van der Waals surface area contributed by atoms with Gasteiger partial charge in [0.1, 0.15) is 0 Å².